The minimum absolute atomic E-state index is 0.130. The van der Waals surface area contributed by atoms with E-state index in [1.54, 1.807) is 11.8 Å². The molecule has 0 fully saturated rings. The van der Waals surface area contributed by atoms with E-state index in [-0.39, 0.29) is 12.5 Å². The molecule has 0 saturated carbocycles. The van der Waals surface area contributed by atoms with Gasteiger partial charge in [0, 0.05) is 13.2 Å². The summed E-state index contributed by atoms with van der Waals surface area (Å²) in [4.78, 5) is 11.6. The zero-order chi connectivity index (χ0) is 14.5. The van der Waals surface area contributed by atoms with Gasteiger partial charge in [-0.05, 0) is 30.6 Å². The van der Waals surface area contributed by atoms with E-state index in [4.69, 9.17) is 5.11 Å². The molecule has 1 rings (SSSR count). The molecule has 0 aliphatic heterocycles. The smallest absolute Gasteiger partial charge is 0.229 e. The van der Waals surface area contributed by atoms with Crippen LogP contribution >= 0.6 is 11.8 Å². The second-order valence-corrected chi connectivity index (χ2v) is 5.88. The number of aryl methyl sites for hydroxylation is 1. The number of aliphatic hydroxyl groups is 1. The van der Waals surface area contributed by atoms with Crippen molar-refractivity contribution in [3.63, 3.8) is 0 Å². The Morgan fingerprint density at radius 1 is 1.10 bits per heavy atom. The number of carbonyl (C=O) groups is 1. The lowest BCUT2D eigenvalue weighted by molar-refractivity contribution is -0.118. The fraction of sp³-hybridized carbons (Fsp3) is 0.562. The van der Waals surface area contributed by atoms with Gasteiger partial charge < -0.3 is 10.4 Å². The third-order valence-electron chi connectivity index (χ3n) is 3.02. The Morgan fingerprint density at radius 3 is 2.60 bits per heavy atom. The molecule has 4 heteroatoms. The number of benzene rings is 1. The van der Waals surface area contributed by atoms with Crippen molar-refractivity contribution in [2.45, 2.75) is 32.1 Å². The molecule has 0 atom stereocenters. The Morgan fingerprint density at radius 2 is 1.85 bits per heavy atom. The van der Waals surface area contributed by atoms with Crippen LogP contribution < -0.4 is 5.32 Å². The normalized spacial score (nSPS) is 10.4. The number of nitrogens with one attached hydrogen (secondary N) is 1. The third-order valence-corrected chi connectivity index (χ3v) is 3.98. The van der Waals surface area contributed by atoms with Gasteiger partial charge in [-0.1, -0.05) is 43.2 Å². The Balaban J connectivity index is 1.92. The Labute approximate surface area is 126 Å². The highest BCUT2D eigenvalue weighted by atomic mass is 32.2. The first kappa shape index (κ1) is 17.1. The minimum atomic E-state index is 0.130. The lowest BCUT2D eigenvalue weighted by Gasteiger charge is -2.05. The van der Waals surface area contributed by atoms with Gasteiger partial charge in [0.25, 0.3) is 0 Å². The summed E-state index contributed by atoms with van der Waals surface area (Å²) in [6.45, 7) is 1.02. The predicted octanol–water partition coefficient (Wildman–Crippen LogP) is 2.63. The van der Waals surface area contributed by atoms with Crippen LogP contribution in [0.25, 0.3) is 0 Å². The Kier molecular flexibility index (Phi) is 10.1. The topological polar surface area (TPSA) is 49.3 Å². The van der Waals surface area contributed by atoms with E-state index in [1.807, 2.05) is 18.2 Å². The van der Waals surface area contributed by atoms with E-state index in [0.29, 0.717) is 5.75 Å². The van der Waals surface area contributed by atoms with Gasteiger partial charge in [-0.2, -0.15) is 11.8 Å². The predicted molar refractivity (Wildman–Crippen MR) is 86.0 cm³/mol. The molecule has 1 aromatic carbocycles. The van der Waals surface area contributed by atoms with Crippen LogP contribution in [0.1, 0.15) is 31.2 Å². The van der Waals surface area contributed by atoms with Crippen LogP contribution in [0.5, 0.6) is 0 Å². The highest BCUT2D eigenvalue weighted by Crippen LogP contribution is 2.06. The van der Waals surface area contributed by atoms with E-state index in [1.165, 1.54) is 5.56 Å². The third kappa shape index (κ3) is 8.99. The number of rotatable bonds is 11. The van der Waals surface area contributed by atoms with Crippen molar-refractivity contribution in [1.82, 2.24) is 5.32 Å². The molecule has 0 spiro atoms. The fourth-order valence-electron chi connectivity index (χ4n) is 1.87. The Hall–Kier alpha value is -1.00. The second kappa shape index (κ2) is 11.8. The van der Waals surface area contributed by atoms with Gasteiger partial charge in [0.15, 0.2) is 0 Å². The first-order valence-electron chi connectivity index (χ1n) is 7.32. The maximum Gasteiger partial charge on any atom is 0.229 e. The summed E-state index contributed by atoms with van der Waals surface area (Å²) in [5, 5.41) is 11.6. The fourth-order valence-corrected chi connectivity index (χ4v) is 2.68. The van der Waals surface area contributed by atoms with Crippen molar-refractivity contribution in [1.29, 1.82) is 0 Å². The van der Waals surface area contributed by atoms with Crippen molar-refractivity contribution < 1.29 is 9.90 Å². The van der Waals surface area contributed by atoms with Gasteiger partial charge in [-0.3, -0.25) is 4.79 Å². The average molecular weight is 295 g/mol. The van der Waals surface area contributed by atoms with E-state index < -0.39 is 0 Å². The van der Waals surface area contributed by atoms with Gasteiger partial charge in [0.1, 0.15) is 0 Å². The summed E-state index contributed by atoms with van der Waals surface area (Å²) in [5.74, 6) is 1.66. The lowest BCUT2D eigenvalue weighted by Crippen LogP contribution is -2.26. The number of carbonyl (C=O) groups excluding carboxylic acids is 1. The number of amides is 1. The molecule has 0 aromatic heterocycles. The molecule has 3 nitrogen and oxygen atoms in total. The monoisotopic (exact) mass is 295 g/mol. The molecular weight excluding hydrogens is 270 g/mol. The van der Waals surface area contributed by atoms with Crippen molar-refractivity contribution in [3.05, 3.63) is 35.9 Å². The van der Waals surface area contributed by atoms with Crippen molar-refractivity contribution in [2.75, 3.05) is 24.7 Å². The molecule has 1 amide bonds. The highest BCUT2D eigenvalue weighted by Gasteiger charge is 2.01. The average Bonchev–Trinajstić information content (AvgIpc) is 2.48. The second-order valence-electron chi connectivity index (χ2n) is 4.78. The maximum absolute atomic E-state index is 11.6. The minimum Gasteiger partial charge on any atom is -0.396 e. The van der Waals surface area contributed by atoms with Gasteiger partial charge in [-0.15, -0.1) is 0 Å². The number of unbranched alkanes of at least 4 members (excludes halogenated alkanes) is 3. The molecule has 20 heavy (non-hydrogen) atoms. The van der Waals surface area contributed by atoms with Crippen LogP contribution in [0.2, 0.25) is 0 Å². The van der Waals surface area contributed by atoms with Crippen LogP contribution in [0.4, 0.5) is 0 Å². The summed E-state index contributed by atoms with van der Waals surface area (Å²) >= 11 is 1.68. The lowest BCUT2D eigenvalue weighted by atomic mass is 10.2. The number of aliphatic hydroxyl groups excluding tert-OH is 1. The zero-order valence-corrected chi connectivity index (χ0v) is 12.8. The van der Waals surface area contributed by atoms with Crippen LogP contribution in [0, 0.1) is 0 Å². The molecule has 0 radical (unpaired) electrons. The van der Waals surface area contributed by atoms with Crippen LogP contribution in [-0.2, 0) is 11.2 Å². The molecule has 0 aliphatic rings. The first-order chi connectivity index (χ1) is 9.83. The summed E-state index contributed by atoms with van der Waals surface area (Å²) in [5.41, 5.74) is 1.32. The maximum atomic E-state index is 11.6. The first-order valence-corrected chi connectivity index (χ1v) is 8.47. The highest BCUT2D eigenvalue weighted by molar-refractivity contribution is 7.99. The molecule has 1 aromatic rings. The molecule has 0 unspecified atom stereocenters. The molecule has 0 saturated heterocycles. The number of thioether (sulfide) groups is 1. The largest absolute Gasteiger partial charge is 0.396 e. The summed E-state index contributed by atoms with van der Waals surface area (Å²) in [6, 6.07) is 10.3. The Bertz CT molecular complexity index is 357. The standard InChI is InChI=1S/C16H25NO2S/c18-12-7-2-1-6-11-17-16(19)14-20-13-10-15-8-4-3-5-9-15/h3-5,8-9,18H,1-2,6-7,10-14H2,(H,17,19). The van der Waals surface area contributed by atoms with Crippen molar-refractivity contribution in [2.24, 2.45) is 0 Å². The summed E-state index contributed by atoms with van der Waals surface area (Å²) < 4.78 is 0. The zero-order valence-electron chi connectivity index (χ0n) is 12.0. The molecule has 112 valence electrons. The molecule has 0 aliphatic carbocycles. The molecular formula is C16H25NO2S. The van der Waals surface area contributed by atoms with Gasteiger partial charge in [-0.25, -0.2) is 0 Å². The van der Waals surface area contributed by atoms with E-state index in [0.717, 1.165) is 44.4 Å². The molecule has 0 heterocycles. The van der Waals surface area contributed by atoms with Gasteiger partial charge >= 0.3 is 0 Å². The van der Waals surface area contributed by atoms with Gasteiger partial charge in [0.2, 0.25) is 5.91 Å². The van der Waals surface area contributed by atoms with Crippen LogP contribution in [0.15, 0.2) is 30.3 Å². The van der Waals surface area contributed by atoms with Crippen LogP contribution in [0.3, 0.4) is 0 Å². The molecule has 0 bridgehead atoms. The van der Waals surface area contributed by atoms with Crippen molar-refractivity contribution >= 4 is 17.7 Å². The van der Waals surface area contributed by atoms with Crippen molar-refractivity contribution in [3.8, 4) is 0 Å². The van der Waals surface area contributed by atoms with E-state index in [9.17, 15) is 4.79 Å². The summed E-state index contributed by atoms with van der Waals surface area (Å²) in [6.07, 6.45) is 4.99. The van der Waals surface area contributed by atoms with Gasteiger partial charge in [0.05, 0.1) is 5.75 Å². The molecule has 2 N–H and O–H groups in total. The SMILES string of the molecule is O=C(CSCCc1ccccc1)NCCCCCCO. The summed E-state index contributed by atoms with van der Waals surface area (Å²) in [7, 11) is 0. The van der Waals surface area contributed by atoms with E-state index in [2.05, 4.69) is 17.4 Å². The van der Waals surface area contributed by atoms with E-state index >= 15 is 0 Å². The van der Waals surface area contributed by atoms with Crippen LogP contribution in [-0.4, -0.2) is 35.7 Å². The quantitative estimate of drug-likeness (QED) is 0.617. The number of hydrogen-bond donors (Lipinski definition) is 2. The number of hydrogen-bond acceptors (Lipinski definition) is 3.